The van der Waals surface area contributed by atoms with Gasteiger partial charge in [0.15, 0.2) is 0 Å². The highest BCUT2D eigenvalue weighted by Crippen LogP contribution is 2.35. The van der Waals surface area contributed by atoms with Crippen LogP contribution in [-0.2, 0) is 9.47 Å². The largest absolute Gasteiger partial charge is 0.383 e. The molecule has 1 saturated heterocycles. The number of nitrogens with one attached hydrogen (secondary N) is 1. The second-order valence-electron chi connectivity index (χ2n) is 5.62. The number of hydrogen-bond donors (Lipinski definition) is 1. The summed E-state index contributed by atoms with van der Waals surface area (Å²) in [5.74, 6) is 0.928. The number of methoxy groups -OCH3 is 1. The number of hydrogen-bond acceptors (Lipinski definition) is 4. The van der Waals surface area contributed by atoms with Crippen LogP contribution < -0.4 is 5.32 Å². The van der Waals surface area contributed by atoms with Gasteiger partial charge in [-0.2, -0.15) is 0 Å². The highest BCUT2D eigenvalue weighted by molar-refractivity contribution is 4.86. The molecule has 0 amide bonds. The number of morpholine rings is 1. The Kier molecular flexibility index (Phi) is 5.89. The van der Waals surface area contributed by atoms with Crippen molar-refractivity contribution >= 4 is 0 Å². The van der Waals surface area contributed by atoms with Gasteiger partial charge in [0, 0.05) is 38.8 Å². The zero-order valence-electron chi connectivity index (χ0n) is 11.9. The molecule has 4 nitrogen and oxygen atoms in total. The topological polar surface area (TPSA) is 33.7 Å². The molecule has 1 heterocycles. The minimum Gasteiger partial charge on any atom is -0.383 e. The molecule has 1 N–H and O–H groups in total. The van der Waals surface area contributed by atoms with Crippen LogP contribution in [0.4, 0.5) is 0 Å². The first kappa shape index (κ1) is 14.3. The first-order valence-corrected chi connectivity index (χ1v) is 7.35. The Morgan fingerprint density at radius 2 is 2.22 bits per heavy atom. The molecule has 2 aliphatic rings. The van der Waals surface area contributed by atoms with E-state index in [1.807, 2.05) is 0 Å². The Morgan fingerprint density at radius 3 is 2.83 bits per heavy atom. The molecule has 1 aliphatic carbocycles. The molecule has 18 heavy (non-hydrogen) atoms. The minimum atomic E-state index is 0.537. The van der Waals surface area contributed by atoms with E-state index in [1.165, 1.54) is 19.3 Å². The zero-order chi connectivity index (χ0) is 12.8. The van der Waals surface area contributed by atoms with Gasteiger partial charge in [-0.1, -0.05) is 0 Å². The zero-order valence-corrected chi connectivity index (χ0v) is 11.9. The van der Waals surface area contributed by atoms with Crippen LogP contribution in [-0.4, -0.2) is 63.5 Å². The SMILES string of the molecule is COCCN(CCC1COCCN1)C(C)C1CC1. The van der Waals surface area contributed by atoms with E-state index >= 15 is 0 Å². The lowest BCUT2D eigenvalue weighted by molar-refractivity contribution is 0.0626. The van der Waals surface area contributed by atoms with E-state index in [0.717, 1.165) is 45.4 Å². The van der Waals surface area contributed by atoms with Crippen LogP contribution in [0.15, 0.2) is 0 Å². The van der Waals surface area contributed by atoms with Gasteiger partial charge in [-0.05, 0) is 32.1 Å². The quantitative estimate of drug-likeness (QED) is 0.705. The molecule has 2 rings (SSSR count). The number of nitrogens with zero attached hydrogens (tertiary/aromatic N) is 1. The molecule has 106 valence electrons. The smallest absolute Gasteiger partial charge is 0.0620 e. The molecule has 1 saturated carbocycles. The molecular formula is C14H28N2O2. The van der Waals surface area contributed by atoms with Crippen LogP contribution >= 0.6 is 0 Å². The Balaban J connectivity index is 1.72. The fourth-order valence-electron chi connectivity index (χ4n) is 2.73. The minimum absolute atomic E-state index is 0.537. The summed E-state index contributed by atoms with van der Waals surface area (Å²) >= 11 is 0. The maximum absolute atomic E-state index is 5.51. The maximum Gasteiger partial charge on any atom is 0.0620 e. The van der Waals surface area contributed by atoms with Crippen LogP contribution in [0, 0.1) is 5.92 Å². The van der Waals surface area contributed by atoms with Crippen molar-refractivity contribution < 1.29 is 9.47 Å². The van der Waals surface area contributed by atoms with Gasteiger partial charge in [-0.3, -0.25) is 4.90 Å². The van der Waals surface area contributed by atoms with Crippen LogP contribution in [0.3, 0.4) is 0 Å². The van der Waals surface area contributed by atoms with Crippen molar-refractivity contribution in [1.82, 2.24) is 10.2 Å². The summed E-state index contributed by atoms with van der Waals surface area (Å²) in [5.41, 5.74) is 0. The first-order valence-electron chi connectivity index (χ1n) is 7.35. The lowest BCUT2D eigenvalue weighted by atomic mass is 10.1. The molecule has 4 heteroatoms. The molecule has 2 fully saturated rings. The third-order valence-electron chi connectivity index (χ3n) is 4.23. The molecule has 0 aromatic carbocycles. The van der Waals surface area contributed by atoms with Gasteiger partial charge in [-0.15, -0.1) is 0 Å². The highest BCUT2D eigenvalue weighted by atomic mass is 16.5. The number of ether oxygens (including phenoxy) is 2. The second kappa shape index (κ2) is 7.43. The monoisotopic (exact) mass is 256 g/mol. The summed E-state index contributed by atoms with van der Waals surface area (Å²) in [5, 5.41) is 3.53. The predicted octanol–water partition coefficient (Wildman–Crippen LogP) is 1.11. The van der Waals surface area contributed by atoms with Crippen molar-refractivity contribution in [1.29, 1.82) is 0 Å². The highest BCUT2D eigenvalue weighted by Gasteiger charge is 2.31. The van der Waals surface area contributed by atoms with Crippen LogP contribution in [0.25, 0.3) is 0 Å². The standard InChI is InChI=1S/C14H28N2O2/c1-12(13-3-4-13)16(8-10-17-2)7-5-14-11-18-9-6-15-14/h12-15H,3-11H2,1-2H3. The van der Waals surface area contributed by atoms with E-state index in [-0.39, 0.29) is 0 Å². The van der Waals surface area contributed by atoms with Gasteiger partial charge in [0.1, 0.15) is 0 Å². The van der Waals surface area contributed by atoms with Crippen molar-refractivity contribution in [3.63, 3.8) is 0 Å². The summed E-state index contributed by atoms with van der Waals surface area (Å²) in [6.45, 7) is 8.16. The van der Waals surface area contributed by atoms with Gasteiger partial charge in [0.2, 0.25) is 0 Å². The van der Waals surface area contributed by atoms with Crippen molar-refractivity contribution in [2.75, 3.05) is 46.6 Å². The Bertz CT molecular complexity index is 228. The average molecular weight is 256 g/mol. The lowest BCUT2D eigenvalue weighted by Gasteiger charge is -2.31. The third-order valence-corrected chi connectivity index (χ3v) is 4.23. The Morgan fingerprint density at radius 1 is 1.39 bits per heavy atom. The van der Waals surface area contributed by atoms with Crippen LogP contribution in [0.5, 0.6) is 0 Å². The fraction of sp³-hybridized carbons (Fsp3) is 1.00. The molecule has 0 aromatic rings. The van der Waals surface area contributed by atoms with Crippen molar-refractivity contribution in [3.05, 3.63) is 0 Å². The van der Waals surface area contributed by atoms with Gasteiger partial charge in [0.25, 0.3) is 0 Å². The summed E-state index contributed by atoms with van der Waals surface area (Å²) in [6.07, 6.45) is 4.01. The molecule has 0 spiro atoms. The molecule has 1 aliphatic heterocycles. The van der Waals surface area contributed by atoms with Crippen LogP contribution in [0.2, 0.25) is 0 Å². The van der Waals surface area contributed by atoms with E-state index in [0.29, 0.717) is 12.1 Å². The molecular weight excluding hydrogens is 228 g/mol. The molecule has 2 unspecified atom stereocenters. The van der Waals surface area contributed by atoms with E-state index in [4.69, 9.17) is 9.47 Å². The summed E-state index contributed by atoms with van der Waals surface area (Å²) in [7, 11) is 1.79. The van der Waals surface area contributed by atoms with Crippen molar-refractivity contribution in [3.8, 4) is 0 Å². The van der Waals surface area contributed by atoms with Gasteiger partial charge in [-0.25, -0.2) is 0 Å². The van der Waals surface area contributed by atoms with Crippen molar-refractivity contribution in [2.24, 2.45) is 5.92 Å². The van der Waals surface area contributed by atoms with Gasteiger partial charge < -0.3 is 14.8 Å². The predicted molar refractivity (Wildman–Crippen MR) is 72.9 cm³/mol. The summed E-state index contributed by atoms with van der Waals surface area (Å²) in [6, 6.07) is 1.25. The summed E-state index contributed by atoms with van der Waals surface area (Å²) < 4.78 is 10.7. The third kappa shape index (κ3) is 4.50. The van der Waals surface area contributed by atoms with Crippen LogP contribution in [0.1, 0.15) is 26.2 Å². The van der Waals surface area contributed by atoms with E-state index in [9.17, 15) is 0 Å². The molecule has 0 radical (unpaired) electrons. The normalized spacial score (nSPS) is 26.5. The van der Waals surface area contributed by atoms with E-state index in [2.05, 4.69) is 17.1 Å². The molecule has 2 atom stereocenters. The molecule has 0 aromatic heterocycles. The summed E-state index contributed by atoms with van der Waals surface area (Å²) in [4.78, 5) is 2.59. The fourth-order valence-corrected chi connectivity index (χ4v) is 2.73. The Labute approximate surface area is 111 Å². The maximum atomic E-state index is 5.51. The average Bonchev–Trinajstić information content (AvgIpc) is 3.24. The Hall–Kier alpha value is -0.160. The second-order valence-corrected chi connectivity index (χ2v) is 5.62. The molecule has 0 bridgehead atoms. The van der Waals surface area contributed by atoms with Gasteiger partial charge >= 0.3 is 0 Å². The van der Waals surface area contributed by atoms with E-state index in [1.54, 1.807) is 7.11 Å². The van der Waals surface area contributed by atoms with E-state index < -0.39 is 0 Å². The lowest BCUT2D eigenvalue weighted by Crippen LogP contribution is -2.45. The van der Waals surface area contributed by atoms with Crippen molar-refractivity contribution in [2.45, 2.75) is 38.3 Å². The van der Waals surface area contributed by atoms with Gasteiger partial charge in [0.05, 0.1) is 19.8 Å². The number of rotatable bonds is 8. The first-order chi connectivity index (χ1) is 8.81.